The van der Waals surface area contributed by atoms with Gasteiger partial charge in [0.05, 0.1) is 11.6 Å². The number of amides is 1. The fourth-order valence-electron chi connectivity index (χ4n) is 2.65. The zero-order valence-corrected chi connectivity index (χ0v) is 13.7. The van der Waals surface area contributed by atoms with Gasteiger partial charge in [0.1, 0.15) is 24.8 Å². The predicted molar refractivity (Wildman–Crippen MR) is 87.6 cm³/mol. The van der Waals surface area contributed by atoms with Crippen LogP contribution in [0, 0.1) is 23.4 Å². The number of carbonyl (C=O) groups excluding carboxylic acids is 1. The predicted octanol–water partition coefficient (Wildman–Crippen LogP) is 1.55. The molecule has 3 aromatic rings. The van der Waals surface area contributed by atoms with Crippen LogP contribution >= 0.6 is 0 Å². The first-order valence-electron chi connectivity index (χ1n) is 7.89. The Bertz CT molecular complexity index is 990. The topological polar surface area (TPSA) is 88.8 Å². The van der Waals surface area contributed by atoms with Crippen molar-refractivity contribution in [2.45, 2.75) is 0 Å². The van der Waals surface area contributed by atoms with E-state index in [0.717, 1.165) is 12.1 Å². The van der Waals surface area contributed by atoms with Gasteiger partial charge >= 0.3 is 0 Å². The van der Waals surface area contributed by atoms with Crippen LogP contribution in [-0.4, -0.2) is 43.7 Å². The second-order valence-electron chi connectivity index (χ2n) is 5.89. The van der Waals surface area contributed by atoms with E-state index in [1.54, 1.807) is 6.07 Å². The summed E-state index contributed by atoms with van der Waals surface area (Å²) in [5.74, 6) is -4.17. The maximum Gasteiger partial charge on any atom is 0.231 e. The van der Waals surface area contributed by atoms with Crippen LogP contribution in [0.2, 0.25) is 0 Å². The molecule has 0 bridgehead atoms. The standard InChI is InChI=1S/C16H12F3N7O/c17-10-1-2-11(15(19)14(10)18)24-16(27)9-4-25(5-9)12-3-13(22-7-21-12)26-8-20-6-23-26/h1-3,6-9H,4-5H2,(H,24,27). The highest BCUT2D eigenvalue weighted by atomic mass is 19.2. The zero-order valence-electron chi connectivity index (χ0n) is 13.7. The molecule has 8 nitrogen and oxygen atoms in total. The number of hydrogen-bond acceptors (Lipinski definition) is 6. The molecule has 1 aromatic carbocycles. The lowest BCUT2D eigenvalue weighted by Crippen LogP contribution is -2.52. The van der Waals surface area contributed by atoms with Gasteiger partial charge in [0.25, 0.3) is 0 Å². The summed E-state index contributed by atoms with van der Waals surface area (Å²) in [6.07, 6.45) is 4.24. The Balaban J connectivity index is 1.40. The third kappa shape index (κ3) is 3.18. The monoisotopic (exact) mass is 375 g/mol. The average Bonchev–Trinajstić information content (AvgIpc) is 3.16. The van der Waals surface area contributed by atoms with Crippen molar-refractivity contribution in [3.63, 3.8) is 0 Å². The first-order chi connectivity index (χ1) is 13.0. The van der Waals surface area contributed by atoms with Gasteiger partial charge in [-0.2, -0.15) is 5.10 Å². The molecule has 0 radical (unpaired) electrons. The molecule has 0 unspecified atom stereocenters. The van der Waals surface area contributed by atoms with E-state index in [9.17, 15) is 18.0 Å². The molecular formula is C16H12F3N7O. The van der Waals surface area contributed by atoms with E-state index >= 15 is 0 Å². The van der Waals surface area contributed by atoms with Crippen molar-refractivity contribution in [3.8, 4) is 5.82 Å². The minimum absolute atomic E-state index is 0.338. The number of anilines is 2. The number of rotatable bonds is 4. The van der Waals surface area contributed by atoms with Crippen LogP contribution < -0.4 is 10.2 Å². The summed E-state index contributed by atoms with van der Waals surface area (Å²) in [4.78, 5) is 26.1. The molecule has 4 rings (SSSR count). The van der Waals surface area contributed by atoms with Gasteiger partial charge in [0, 0.05) is 19.2 Å². The third-order valence-corrected chi connectivity index (χ3v) is 4.16. The summed E-state index contributed by atoms with van der Waals surface area (Å²) in [5, 5.41) is 6.27. The maximum absolute atomic E-state index is 13.7. The number of carbonyl (C=O) groups is 1. The lowest BCUT2D eigenvalue weighted by Gasteiger charge is -2.39. The molecule has 0 saturated carbocycles. The molecule has 1 aliphatic rings. The highest BCUT2D eigenvalue weighted by Gasteiger charge is 2.34. The van der Waals surface area contributed by atoms with E-state index in [4.69, 9.17) is 0 Å². The largest absolute Gasteiger partial charge is 0.355 e. The molecule has 0 spiro atoms. The van der Waals surface area contributed by atoms with Crippen LogP contribution in [0.1, 0.15) is 0 Å². The Morgan fingerprint density at radius 3 is 2.59 bits per heavy atom. The Hall–Kier alpha value is -3.50. The number of benzene rings is 1. The second-order valence-corrected chi connectivity index (χ2v) is 5.89. The van der Waals surface area contributed by atoms with E-state index in [-0.39, 0.29) is 0 Å². The van der Waals surface area contributed by atoms with E-state index in [1.165, 1.54) is 23.7 Å². The first-order valence-corrected chi connectivity index (χ1v) is 7.89. The van der Waals surface area contributed by atoms with Crippen molar-refractivity contribution >= 4 is 17.4 Å². The van der Waals surface area contributed by atoms with Crippen LogP contribution in [-0.2, 0) is 4.79 Å². The smallest absolute Gasteiger partial charge is 0.231 e. The van der Waals surface area contributed by atoms with Crippen LogP contribution in [0.25, 0.3) is 5.82 Å². The lowest BCUT2D eigenvalue weighted by atomic mass is 9.99. The van der Waals surface area contributed by atoms with Gasteiger partial charge in [-0.05, 0) is 12.1 Å². The summed E-state index contributed by atoms with van der Waals surface area (Å²) in [7, 11) is 0. The first kappa shape index (κ1) is 16.9. The Labute approximate surface area is 150 Å². The van der Waals surface area contributed by atoms with Gasteiger partial charge in [-0.25, -0.2) is 32.8 Å². The SMILES string of the molecule is O=C(Nc1ccc(F)c(F)c1F)C1CN(c2cc(-n3cncn3)ncn2)C1. The number of nitrogens with zero attached hydrogens (tertiary/aromatic N) is 6. The molecule has 1 aliphatic heterocycles. The third-order valence-electron chi connectivity index (χ3n) is 4.16. The number of halogens is 3. The quantitative estimate of drug-likeness (QED) is 0.696. The van der Waals surface area contributed by atoms with Crippen molar-refractivity contribution in [1.29, 1.82) is 0 Å². The Kier molecular flexibility index (Phi) is 4.18. The lowest BCUT2D eigenvalue weighted by molar-refractivity contribution is -0.120. The molecular weight excluding hydrogens is 363 g/mol. The average molecular weight is 375 g/mol. The van der Waals surface area contributed by atoms with Crippen LogP contribution in [0.3, 0.4) is 0 Å². The molecule has 3 heterocycles. The van der Waals surface area contributed by atoms with Gasteiger partial charge in [-0.1, -0.05) is 0 Å². The van der Waals surface area contributed by atoms with Gasteiger partial charge in [-0.15, -0.1) is 0 Å². The second kappa shape index (κ2) is 6.67. The molecule has 1 saturated heterocycles. The van der Waals surface area contributed by atoms with Gasteiger partial charge in [0.2, 0.25) is 5.91 Å². The van der Waals surface area contributed by atoms with Crippen LogP contribution in [0.15, 0.2) is 37.2 Å². The van der Waals surface area contributed by atoms with Crippen molar-refractivity contribution < 1.29 is 18.0 Å². The number of hydrogen-bond donors (Lipinski definition) is 1. The minimum atomic E-state index is -1.62. The zero-order chi connectivity index (χ0) is 19.0. The summed E-state index contributed by atoms with van der Waals surface area (Å²) in [5.41, 5.74) is -0.396. The summed E-state index contributed by atoms with van der Waals surface area (Å²) < 4.78 is 41.3. The van der Waals surface area contributed by atoms with Gasteiger partial charge in [-0.3, -0.25) is 4.79 Å². The van der Waals surface area contributed by atoms with Crippen LogP contribution in [0.5, 0.6) is 0 Å². The highest BCUT2D eigenvalue weighted by Crippen LogP contribution is 2.26. The molecule has 1 N–H and O–H groups in total. The number of aromatic nitrogens is 5. The highest BCUT2D eigenvalue weighted by molar-refractivity contribution is 5.94. The number of nitrogens with one attached hydrogen (secondary N) is 1. The van der Waals surface area contributed by atoms with E-state index in [2.05, 4.69) is 25.4 Å². The van der Waals surface area contributed by atoms with Crippen molar-refractivity contribution in [2.24, 2.45) is 5.92 Å². The van der Waals surface area contributed by atoms with E-state index < -0.39 is 35.0 Å². The molecule has 2 aromatic heterocycles. The Morgan fingerprint density at radius 2 is 1.85 bits per heavy atom. The summed E-state index contributed by atoms with van der Waals surface area (Å²) in [6, 6.07) is 3.43. The van der Waals surface area contributed by atoms with Crippen molar-refractivity contribution in [2.75, 3.05) is 23.3 Å². The molecule has 0 aliphatic carbocycles. The van der Waals surface area contributed by atoms with E-state index in [0.29, 0.717) is 24.7 Å². The molecule has 1 amide bonds. The maximum atomic E-state index is 13.7. The van der Waals surface area contributed by atoms with Gasteiger partial charge < -0.3 is 10.2 Å². The molecule has 1 fully saturated rings. The molecule has 27 heavy (non-hydrogen) atoms. The van der Waals surface area contributed by atoms with Crippen molar-refractivity contribution in [3.05, 3.63) is 54.6 Å². The van der Waals surface area contributed by atoms with Gasteiger partial charge in [0.15, 0.2) is 23.3 Å². The normalized spacial score (nSPS) is 14.1. The summed E-state index contributed by atoms with van der Waals surface area (Å²) >= 11 is 0. The van der Waals surface area contributed by atoms with Crippen LogP contribution in [0.4, 0.5) is 24.7 Å². The van der Waals surface area contributed by atoms with E-state index in [1.807, 2.05) is 4.90 Å². The molecule has 11 heteroatoms. The summed E-state index contributed by atoms with van der Waals surface area (Å²) in [6.45, 7) is 0.676. The van der Waals surface area contributed by atoms with Crippen molar-refractivity contribution in [1.82, 2.24) is 24.7 Å². The molecule has 138 valence electrons. The Morgan fingerprint density at radius 1 is 1.07 bits per heavy atom. The molecule has 0 atom stereocenters. The minimum Gasteiger partial charge on any atom is -0.355 e. The fraction of sp³-hybridized carbons (Fsp3) is 0.188. The fourth-order valence-corrected chi connectivity index (χ4v) is 2.65.